The molecule has 0 fully saturated rings. The number of aromatic hydroxyl groups is 1. The van der Waals surface area contributed by atoms with Crippen LogP contribution in [-0.4, -0.2) is 38.4 Å². The molecule has 9 heteroatoms. The van der Waals surface area contributed by atoms with Gasteiger partial charge in [0.15, 0.2) is 5.82 Å². The number of hydrogen-bond acceptors (Lipinski definition) is 6. The number of aromatic nitrogens is 3. The standard InChI is InChI=1S/C22H17N5O4/c28-15-5-3-4-13(8-15)21-24-9-14(10-25-21)27-19(29)12-26-22(31)17-11-23-18-7-2-1-6-16(18)20(17)30/h1-11,28H,12H2,(H,23,30)(H,26,31)(H,27,29). The summed E-state index contributed by atoms with van der Waals surface area (Å²) in [6, 6.07) is 13.3. The molecule has 0 saturated carbocycles. The molecular weight excluding hydrogens is 398 g/mol. The van der Waals surface area contributed by atoms with E-state index in [-0.39, 0.29) is 17.9 Å². The minimum Gasteiger partial charge on any atom is -0.508 e. The topological polar surface area (TPSA) is 137 Å². The van der Waals surface area contributed by atoms with Crippen molar-refractivity contribution in [3.05, 3.63) is 82.9 Å². The van der Waals surface area contributed by atoms with Crippen molar-refractivity contribution in [3.63, 3.8) is 0 Å². The van der Waals surface area contributed by atoms with Gasteiger partial charge in [-0.25, -0.2) is 9.97 Å². The summed E-state index contributed by atoms with van der Waals surface area (Å²) in [7, 11) is 0. The van der Waals surface area contributed by atoms with Crippen molar-refractivity contribution in [1.82, 2.24) is 20.3 Å². The third-order valence-corrected chi connectivity index (χ3v) is 4.48. The van der Waals surface area contributed by atoms with Gasteiger partial charge in [-0.15, -0.1) is 0 Å². The summed E-state index contributed by atoms with van der Waals surface area (Å²) in [6.07, 6.45) is 4.16. The fourth-order valence-corrected chi connectivity index (χ4v) is 2.98. The van der Waals surface area contributed by atoms with Gasteiger partial charge in [-0.1, -0.05) is 24.3 Å². The summed E-state index contributed by atoms with van der Waals surface area (Å²) in [4.78, 5) is 48.2. The van der Waals surface area contributed by atoms with E-state index < -0.39 is 17.2 Å². The zero-order valence-corrected chi connectivity index (χ0v) is 16.1. The Morgan fingerprint density at radius 1 is 1.03 bits per heavy atom. The van der Waals surface area contributed by atoms with Gasteiger partial charge in [-0.2, -0.15) is 0 Å². The van der Waals surface area contributed by atoms with Crippen LogP contribution in [0, 0.1) is 0 Å². The van der Waals surface area contributed by atoms with Gasteiger partial charge in [0, 0.05) is 22.7 Å². The van der Waals surface area contributed by atoms with Crippen molar-refractivity contribution in [1.29, 1.82) is 0 Å². The third-order valence-electron chi connectivity index (χ3n) is 4.48. The Balaban J connectivity index is 1.38. The van der Waals surface area contributed by atoms with Gasteiger partial charge < -0.3 is 20.7 Å². The number of phenolic OH excluding ortho intramolecular Hbond substituents is 1. The van der Waals surface area contributed by atoms with E-state index in [1.54, 1.807) is 36.4 Å². The van der Waals surface area contributed by atoms with E-state index in [9.17, 15) is 19.5 Å². The Bertz CT molecular complexity index is 1330. The van der Waals surface area contributed by atoms with E-state index in [2.05, 4.69) is 25.6 Å². The molecule has 0 spiro atoms. The summed E-state index contributed by atoms with van der Waals surface area (Å²) in [5, 5.41) is 14.9. The molecular formula is C22H17N5O4. The summed E-state index contributed by atoms with van der Waals surface area (Å²) < 4.78 is 0. The first-order chi connectivity index (χ1) is 15.0. The van der Waals surface area contributed by atoms with Gasteiger partial charge >= 0.3 is 0 Å². The van der Waals surface area contributed by atoms with Gasteiger partial charge in [0.2, 0.25) is 11.3 Å². The van der Waals surface area contributed by atoms with E-state index in [0.717, 1.165) is 0 Å². The second kappa shape index (κ2) is 8.46. The van der Waals surface area contributed by atoms with Gasteiger partial charge in [-0.3, -0.25) is 14.4 Å². The number of phenols is 1. The van der Waals surface area contributed by atoms with E-state index in [1.165, 1.54) is 30.7 Å². The molecule has 0 aliphatic carbocycles. The highest BCUT2D eigenvalue weighted by Crippen LogP contribution is 2.20. The first kappa shape index (κ1) is 19.8. The summed E-state index contributed by atoms with van der Waals surface area (Å²) in [5.74, 6) is -0.672. The summed E-state index contributed by atoms with van der Waals surface area (Å²) in [6.45, 7) is -0.334. The van der Waals surface area contributed by atoms with Gasteiger partial charge in [0.1, 0.15) is 11.3 Å². The number of nitrogens with one attached hydrogen (secondary N) is 3. The van der Waals surface area contributed by atoms with Crippen LogP contribution >= 0.6 is 0 Å². The fourth-order valence-electron chi connectivity index (χ4n) is 2.98. The zero-order valence-electron chi connectivity index (χ0n) is 16.1. The van der Waals surface area contributed by atoms with E-state index >= 15 is 0 Å². The van der Waals surface area contributed by atoms with Crippen molar-refractivity contribution < 1.29 is 14.7 Å². The lowest BCUT2D eigenvalue weighted by molar-refractivity contribution is -0.115. The van der Waals surface area contributed by atoms with Gasteiger partial charge in [-0.05, 0) is 24.3 Å². The highest BCUT2D eigenvalue weighted by atomic mass is 16.3. The van der Waals surface area contributed by atoms with Crippen molar-refractivity contribution in [2.24, 2.45) is 0 Å². The minimum atomic E-state index is -0.655. The first-order valence-electron chi connectivity index (χ1n) is 9.31. The minimum absolute atomic E-state index is 0.0784. The lowest BCUT2D eigenvalue weighted by atomic mass is 10.1. The third kappa shape index (κ3) is 4.40. The molecule has 9 nitrogen and oxygen atoms in total. The van der Waals surface area contributed by atoms with Crippen LogP contribution in [0.4, 0.5) is 5.69 Å². The Hall–Kier alpha value is -4.53. The van der Waals surface area contributed by atoms with E-state index in [4.69, 9.17) is 0 Å². The van der Waals surface area contributed by atoms with Crippen LogP contribution in [0.25, 0.3) is 22.3 Å². The molecule has 2 amide bonds. The molecule has 2 aromatic carbocycles. The number of aromatic amines is 1. The van der Waals surface area contributed by atoms with Crippen molar-refractivity contribution >= 4 is 28.4 Å². The molecule has 0 bridgehead atoms. The SMILES string of the molecule is O=C(CNC(=O)c1c[nH]c2ccccc2c1=O)Nc1cnc(-c2cccc(O)c2)nc1. The predicted molar refractivity (Wildman–Crippen MR) is 115 cm³/mol. The van der Waals surface area contributed by atoms with Crippen molar-refractivity contribution in [2.75, 3.05) is 11.9 Å². The number of anilines is 1. The molecule has 31 heavy (non-hydrogen) atoms. The van der Waals surface area contributed by atoms with Crippen LogP contribution in [0.2, 0.25) is 0 Å². The lowest BCUT2D eigenvalue weighted by Crippen LogP contribution is -2.35. The maximum absolute atomic E-state index is 12.5. The van der Waals surface area contributed by atoms with Crippen LogP contribution in [0.15, 0.2) is 71.9 Å². The number of nitrogens with zero attached hydrogens (tertiary/aromatic N) is 2. The number of hydrogen-bond donors (Lipinski definition) is 4. The summed E-state index contributed by atoms with van der Waals surface area (Å²) in [5.41, 5.74) is 1.10. The smallest absolute Gasteiger partial charge is 0.257 e. The number of carbonyl (C=O) groups is 2. The lowest BCUT2D eigenvalue weighted by Gasteiger charge is -2.08. The normalized spacial score (nSPS) is 10.6. The van der Waals surface area contributed by atoms with Crippen LogP contribution in [-0.2, 0) is 4.79 Å². The number of para-hydroxylation sites is 1. The maximum Gasteiger partial charge on any atom is 0.257 e. The zero-order chi connectivity index (χ0) is 21.8. The number of rotatable bonds is 5. The van der Waals surface area contributed by atoms with E-state index in [0.29, 0.717) is 28.0 Å². The maximum atomic E-state index is 12.5. The summed E-state index contributed by atoms with van der Waals surface area (Å²) >= 11 is 0. The average Bonchev–Trinajstić information content (AvgIpc) is 2.78. The molecule has 2 heterocycles. The quantitative estimate of drug-likeness (QED) is 0.394. The average molecular weight is 415 g/mol. The Labute approximate surface area is 175 Å². The number of amides is 2. The molecule has 154 valence electrons. The Morgan fingerprint density at radius 3 is 2.58 bits per heavy atom. The number of H-pyrrole nitrogens is 1. The molecule has 0 aliphatic heterocycles. The van der Waals surface area contributed by atoms with Crippen molar-refractivity contribution in [3.8, 4) is 17.1 Å². The molecule has 0 saturated heterocycles. The predicted octanol–water partition coefficient (Wildman–Crippen LogP) is 2.06. The Kier molecular flexibility index (Phi) is 5.39. The molecule has 0 atom stereocenters. The number of fused-ring (bicyclic) bond motifs is 1. The fraction of sp³-hybridized carbons (Fsp3) is 0.0455. The Morgan fingerprint density at radius 2 is 1.81 bits per heavy atom. The largest absolute Gasteiger partial charge is 0.508 e. The molecule has 2 aromatic heterocycles. The molecule has 4 N–H and O–H groups in total. The second-order valence-corrected chi connectivity index (χ2v) is 6.65. The van der Waals surface area contributed by atoms with Crippen LogP contribution in [0.5, 0.6) is 5.75 Å². The van der Waals surface area contributed by atoms with Crippen LogP contribution < -0.4 is 16.1 Å². The second-order valence-electron chi connectivity index (χ2n) is 6.65. The first-order valence-corrected chi connectivity index (χ1v) is 9.31. The highest BCUT2D eigenvalue weighted by Gasteiger charge is 2.14. The molecule has 4 rings (SSSR count). The van der Waals surface area contributed by atoms with Crippen molar-refractivity contribution in [2.45, 2.75) is 0 Å². The monoisotopic (exact) mass is 415 g/mol. The molecule has 0 unspecified atom stereocenters. The highest BCUT2D eigenvalue weighted by molar-refractivity contribution is 6.00. The van der Waals surface area contributed by atoms with Crippen LogP contribution in [0.3, 0.4) is 0 Å². The van der Waals surface area contributed by atoms with Crippen LogP contribution in [0.1, 0.15) is 10.4 Å². The van der Waals surface area contributed by atoms with Gasteiger partial charge in [0.05, 0.1) is 24.6 Å². The molecule has 0 radical (unpaired) electrons. The van der Waals surface area contributed by atoms with Gasteiger partial charge in [0.25, 0.3) is 5.91 Å². The number of benzene rings is 2. The molecule has 4 aromatic rings. The number of pyridine rings is 1. The van der Waals surface area contributed by atoms with E-state index in [1.807, 2.05) is 0 Å². The number of carbonyl (C=O) groups excluding carboxylic acids is 2. The molecule has 0 aliphatic rings.